The van der Waals surface area contributed by atoms with Gasteiger partial charge in [0.05, 0.1) is 7.11 Å². The van der Waals surface area contributed by atoms with Gasteiger partial charge in [-0.05, 0) is 32.6 Å². The van der Waals surface area contributed by atoms with Crippen LogP contribution < -0.4 is 5.73 Å². The largest absolute Gasteiger partial charge is 0.468 e. The highest BCUT2D eigenvalue weighted by Gasteiger charge is 2.29. The van der Waals surface area contributed by atoms with Gasteiger partial charge in [0.25, 0.3) is 0 Å². The monoisotopic (exact) mass is 228 g/mol. The van der Waals surface area contributed by atoms with Crippen molar-refractivity contribution in [2.45, 2.75) is 57.7 Å². The minimum atomic E-state index is -0.477. The molecule has 1 aliphatic rings. The summed E-state index contributed by atoms with van der Waals surface area (Å²) in [5.74, 6) is -0.306. The number of methoxy groups -OCH3 is 1. The van der Waals surface area contributed by atoms with Crippen LogP contribution in [0.1, 0.15) is 39.5 Å². The van der Waals surface area contributed by atoms with Crippen LogP contribution in [0.15, 0.2) is 0 Å². The molecular weight excluding hydrogens is 204 g/mol. The molecule has 4 nitrogen and oxygen atoms in total. The van der Waals surface area contributed by atoms with E-state index in [2.05, 4.69) is 23.5 Å². The molecule has 0 amide bonds. The van der Waals surface area contributed by atoms with Gasteiger partial charge >= 0.3 is 5.97 Å². The first-order valence-electron chi connectivity index (χ1n) is 6.19. The summed E-state index contributed by atoms with van der Waals surface area (Å²) in [4.78, 5) is 13.7. The van der Waals surface area contributed by atoms with Crippen molar-refractivity contribution in [1.82, 2.24) is 4.90 Å². The molecule has 16 heavy (non-hydrogen) atoms. The quantitative estimate of drug-likeness (QED) is 0.717. The third kappa shape index (κ3) is 3.19. The fourth-order valence-electron chi connectivity index (χ4n) is 2.52. The molecule has 0 bridgehead atoms. The maximum atomic E-state index is 11.2. The van der Waals surface area contributed by atoms with E-state index in [1.165, 1.54) is 26.4 Å². The zero-order chi connectivity index (χ0) is 12.1. The second-order valence-electron chi connectivity index (χ2n) is 4.64. The molecule has 1 aliphatic heterocycles. The smallest absolute Gasteiger partial charge is 0.322 e. The molecule has 1 heterocycles. The van der Waals surface area contributed by atoms with E-state index in [-0.39, 0.29) is 5.97 Å². The van der Waals surface area contributed by atoms with Gasteiger partial charge in [-0.3, -0.25) is 9.69 Å². The Hall–Kier alpha value is -0.610. The summed E-state index contributed by atoms with van der Waals surface area (Å²) in [6, 6.07) is 0.810. The highest BCUT2D eigenvalue weighted by Crippen LogP contribution is 2.25. The van der Waals surface area contributed by atoms with Gasteiger partial charge in [0, 0.05) is 18.6 Å². The fraction of sp³-hybridized carbons (Fsp3) is 0.917. The van der Waals surface area contributed by atoms with Gasteiger partial charge in [-0.25, -0.2) is 0 Å². The Bertz CT molecular complexity index is 233. The molecule has 1 saturated heterocycles. The maximum Gasteiger partial charge on any atom is 0.322 e. The lowest BCUT2D eigenvalue weighted by atomic mass is 10.1. The predicted octanol–water partition coefficient (Wildman–Crippen LogP) is 1.14. The molecule has 0 aliphatic carbocycles. The Labute approximate surface area is 98.1 Å². The molecule has 1 rings (SSSR count). The van der Waals surface area contributed by atoms with Crippen LogP contribution in [0.25, 0.3) is 0 Å². The van der Waals surface area contributed by atoms with Crippen molar-refractivity contribution >= 4 is 5.97 Å². The van der Waals surface area contributed by atoms with Gasteiger partial charge in [0.1, 0.15) is 6.04 Å². The Morgan fingerprint density at radius 3 is 2.81 bits per heavy atom. The second kappa shape index (κ2) is 6.21. The van der Waals surface area contributed by atoms with Gasteiger partial charge in [-0.15, -0.1) is 0 Å². The van der Waals surface area contributed by atoms with E-state index in [0.29, 0.717) is 18.5 Å². The van der Waals surface area contributed by atoms with Gasteiger partial charge in [-0.1, -0.05) is 6.92 Å². The minimum absolute atomic E-state index is 0.306. The lowest BCUT2D eigenvalue weighted by Gasteiger charge is -2.28. The number of hydrogen-bond donors (Lipinski definition) is 1. The Morgan fingerprint density at radius 1 is 1.56 bits per heavy atom. The van der Waals surface area contributed by atoms with E-state index in [4.69, 9.17) is 5.73 Å². The fourth-order valence-corrected chi connectivity index (χ4v) is 2.52. The summed E-state index contributed by atoms with van der Waals surface area (Å²) in [5.41, 5.74) is 5.74. The molecule has 1 fully saturated rings. The third-order valence-corrected chi connectivity index (χ3v) is 3.63. The lowest BCUT2D eigenvalue weighted by molar-refractivity contribution is -0.142. The van der Waals surface area contributed by atoms with Crippen molar-refractivity contribution in [3.63, 3.8) is 0 Å². The molecule has 3 unspecified atom stereocenters. The molecule has 94 valence electrons. The zero-order valence-electron chi connectivity index (χ0n) is 10.6. The van der Waals surface area contributed by atoms with Crippen molar-refractivity contribution in [2.24, 2.45) is 5.73 Å². The van der Waals surface area contributed by atoms with E-state index >= 15 is 0 Å². The summed E-state index contributed by atoms with van der Waals surface area (Å²) in [5, 5.41) is 0. The first-order chi connectivity index (χ1) is 7.60. The number of carbonyl (C=O) groups is 1. The molecule has 0 radical (unpaired) electrons. The van der Waals surface area contributed by atoms with E-state index in [1.807, 2.05) is 0 Å². The summed E-state index contributed by atoms with van der Waals surface area (Å²) in [6.07, 6.45) is 4.39. The molecule has 4 heteroatoms. The highest BCUT2D eigenvalue weighted by molar-refractivity contribution is 5.75. The van der Waals surface area contributed by atoms with E-state index in [1.54, 1.807) is 0 Å². The number of esters is 1. The topological polar surface area (TPSA) is 55.6 Å². The van der Waals surface area contributed by atoms with Crippen molar-refractivity contribution in [3.05, 3.63) is 0 Å². The lowest BCUT2D eigenvalue weighted by Crippen LogP contribution is -2.40. The first-order valence-corrected chi connectivity index (χ1v) is 6.19. The molecular formula is C12H24N2O2. The van der Waals surface area contributed by atoms with Crippen LogP contribution in [0.2, 0.25) is 0 Å². The first kappa shape index (κ1) is 13.5. The summed E-state index contributed by atoms with van der Waals surface area (Å²) in [7, 11) is 1.38. The molecule has 0 saturated carbocycles. The van der Waals surface area contributed by atoms with Crippen molar-refractivity contribution in [3.8, 4) is 0 Å². The number of rotatable bonds is 5. The molecule has 3 atom stereocenters. The van der Waals surface area contributed by atoms with Gasteiger partial charge < -0.3 is 10.5 Å². The summed E-state index contributed by atoms with van der Waals surface area (Å²) >= 11 is 0. The second-order valence-corrected chi connectivity index (χ2v) is 4.64. The maximum absolute atomic E-state index is 11.2. The molecule has 0 aromatic heterocycles. The van der Waals surface area contributed by atoms with Crippen LogP contribution >= 0.6 is 0 Å². The van der Waals surface area contributed by atoms with Gasteiger partial charge in [-0.2, -0.15) is 0 Å². The van der Waals surface area contributed by atoms with Crippen LogP contribution in [0, 0.1) is 0 Å². The SMILES string of the molecule is CCC1CCC(C)N1CCC(N)C(=O)OC. The number of hydrogen-bond acceptors (Lipinski definition) is 4. The van der Waals surface area contributed by atoms with Crippen LogP contribution in [0.4, 0.5) is 0 Å². The number of nitrogens with two attached hydrogens (primary N) is 1. The van der Waals surface area contributed by atoms with Crippen LogP contribution in [-0.4, -0.2) is 42.6 Å². The Morgan fingerprint density at radius 2 is 2.25 bits per heavy atom. The van der Waals surface area contributed by atoms with Crippen molar-refractivity contribution in [2.75, 3.05) is 13.7 Å². The Kier molecular flexibility index (Phi) is 5.22. The van der Waals surface area contributed by atoms with Gasteiger partial charge in [0.15, 0.2) is 0 Å². The van der Waals surface area contributed by atoms with Crippen molar-refractivity contribution < 1.29 is 9.53 Å². The number of ether oxygens (including phenoxy) is 1. The van der Waals surface area contributed by atoms with E-state index in [9.17, 15) is 4.79 Å². The predicted molar refractivity (Wildman–Crippen MR) is 64.1 cm³/mol. The minimum Gasteiger partial charge on any atom is -0.468 e. The van der Waals surface area contributed by atoms with E-state index < -0.39 is 6.04 Å². The van der Waals surface area contributed by atoms with Crippen LogP contribution in [0.5, 0.6) is 0 Å². The summed E-state index contributed by atoms with van der Waals surface area (Å²) in [6.45, 7) is 5.37. The van der Waals surface area contributed by atoms with E-state index in [0.717, 1.165) is 6.54 Å². The molecule has 0 aromatic rings. The average Bonchev–Trinajstić information content (AvgIpc) is 2.65. The number of nitrogens with zero attached hydrogens (tertiary/aromatic N) is 1. The van der Waals surface area contributed by atoms with Crippen LogP contribution in [-0.2, 0) is 9.53 Å². The highest BCUT2D eigenvalue weighted by atomic mass is 16.5. The summed E-state index contributed by atoms with van der Waals surface area (Å²) < 4.78 is 4.62. The normalized spacial score (nSPS) is 28.0. The average molecular weight is 228 g/mol. The number of likely N-dealkylation sites (tertiary alicyclic amines) is 1. The third-order valence-electron chi connectivity index (χ3n) is 3.63. The molecule has 0 spiro atoms. The van der Waals surface area contributed by atoms with Crippen LogP contribution in [0.3, 0.4) is 0 Å². The zero-order valence-corrected chi connectivity index (χ0v) is 10.6. The molecule has 2 N–H and O–H groups in total. The number of carbonyl (C=O) groups excluding carboxylic acids is 1. The standard InChI is InChI=1S/C12H24N2O2/c1-4-10-6-5-9(2)14(10)8-7-11(13)12(15)16-3/h9-11H,4-8,13H2,1-3H3. The van der Waals surface area contributed by atoms with Crippen molar-refractivity contribution in [1.29, 1.82) is 0 Å². The van der Waals surface area contributed by atoms with Gasteiger partial charge in [0.2, 0.25) is 0 Å². The Balaban J connectivity index is 2.38. The molecule has 0 aromatic carbocycles.